The molecule has 0 unspecified atom stereocenters. The summed E-state index contributed by atoms with van der Waals surface area (Å²) in [7, 11) is 1.91. The van der Waals surface area contributed by atoms with Crippen LogP contribution in [-0.4, -0.2) is 66.0 Å². The molecule has 5 rings (SSSR count). The van der Waals surface area contributed by atoms with Crippen molar-refractivity contribution in [3.05, 3.63) is 42.1 Å². The number of hydrogen-bond donors (Lipinski definition) is 0. The molecule has 190 valence electrons. The number of pyridine rings is 1. The van der Waals surface area contributed by atoms with Crippen LogP contribution in [-0.2, 0) is 6.18 Å². The minimum absolute atomic E-state index is 0.0541. The van der Waals surface area contributed by atoms with Crippen molar-refractivity contribution in [1.82, 2.24) is 19.9 Å². The van der Waals surface area contributed by atoms with Gasteiger partial charge in [0.05, 0.1) is 5.56 Å². The lowest BCUT2D eigenvalue weighted by Crippen LogP contribution is -2.48. The number of anilines is 3. The van der Waals surface area contributed by atoms with Crippen LogP contribution in [0.25, 0.3) is 11.4 Å². The molecule has 1 saturated heterocycles. The quantitative estimate of drug-likeness (QED) is 0.518. The fraction of sp³-hybridized carbons (Fsp3) is 0.417. The van der Waals surface area contributed by atoms with Crippen molar-refractivity contribution in [1.29, 1.82) is 0 Å². The summed E-state index contributed by atoms with van der Waals surface area (Å²) in [6.45, 7) is 5.80. The Balaban J connectivity index is 1.43. The van der Waals surface area contributed by atoms with Gasteiger partial charge in [0.2, 0.25) is 18.7 Å². The smallest absolute Gasteiger partial charge is 0.419 e. The number of benzene rings is 1. The van der Waals surface area contributed by atoms with Gasteiger partial charge in [0.15, 0.2) is 17.3 Å². The van der Waals surface area contributed by atoms with E-state index in [1.165, 1.54) is 12.3 Å². The number of fused-ring (bicyclic) bond motifs is 1. The van der Waals surface area contributed by atoms with E-state index in [9.17, 15) is 13.2 Å². The molecule has 0 N–H and O–H groups in total. The molecule has 0 radical (unpaired) electrons. The normalized spacial score (nSPS) is 15.5. The highest BCUT2D eigenvalue weighted by Gasteiger charge is 2.36. The molecule has 0 amide bonds. The van der Waals surface area contributed by atoms with Crippen LogP contribution in [0.5, 0.6) is 11.5 Å². The van der Waals surface area contributed by atoms with E-state index in [0.717, 1.165) is 11.6 Å². The molecule has 0 bridgehead atoms. The first-order chi connectivity index (χ1) is 17.2. The van der Waals surface area contributed by atoms with E-state index in [-0.39, 0.29) is 18.7 Å². The van der Waals surface area contributed by atoms with E-state index in [2.05, 4.69) is 9.97 Å². The fourth-order valence-electron chi connectivity index (χ4n) is 4.04. The third kappa shape index (κ3) is 4.67. The third-order valence-corrected chi connectivity index (χ3v) is 6.29. The molecule has 0 spiro atoms. The van der Waals surface area contributed by atoms with Gasteiger partial charge < -0.3 is 24.2 Å². The van der Waals surface area contributed by atoms with Gasteiger partial charge in [-0.2, -0.15) is 28.1 Å². The third-order valence-electron chi connectivity index (χ3n) is 6.29. The van der Waals surface area contributed by atoms with Crippen LogP contribution >= 0.6 is 0 Å². The minimum atomic E-state index is -4.47. The molecule has 2 aromatic heterocycles. The maximum atomic E-state index is 13.5. The summed E-state index contributed by atoms with van der Waals surface area (Å²) in [6, 6.07) is 8.02. The van der Waals surface area contributed by atoms with Gasteiger partial charge in [0.1, 0.15) is 5.82 Å². The van der Waals surface area contributed by atoms with Crippen molar-refractivity contribution in [3.63, 3.8) is 0 Å². The summed E-state index contributed by atoms with van der Waals surface area (Å²) in [5.74, 6) is 2.69. The Bertz CT molecular complexity index is 1250. The summed E-state index contributed by atoms with van der Waals surface area (Å²) in [4.78, 5) is 23.7. The van der Waals surface area contributed by atoms with E-state index < -0.39 is 11.7 Å². The molecule has 0 aliphatic carbocycles. The number of ether oxygens (including phenoxy) is 2. The summed E-state index contributed by atoms with van der Waals surface area (Å²) >= 11 is 0. The average Bonchev–Trinajstić information content (AvgIpc) is 3.35. The second-order valence-electron chi connectivity index (χ2n) is 8.88. The number of aromatic nitrogens is 4. The zero-order valence-electron chi connectivity index (χ0n) is 20.2. The highest BCUT2D eigenvalue weighted by molar-refractivity contribution is 5.64. The summed E-state index contributed by atoms with van der Waals surface area (Å²) in [6.07, 6.45) is -3.08. The number of alkyl halides is 3. The van der Waals surface area contributed by atoms with Gasteiger partial charge in [-0.05, 0) is 44.2 Å². The molecule has 1 fully saturated rings. The van der Waals surface area contributed by atoms with E-state index >= 15 is 0 Å². The Morgan fingerprint density at radius 3 is 2.39 bits per heavy atom. The highest BCUT2D eigenvalue weighted by Crippen LogP contribution is 2.37. The molecule has 2 aliphatic rings. The van der Waals surface area contributed by atoms with Crippen LogP contribution in [0.1, 0.15) is 19.4 Å². The molecule has 0 atom stereocenters. The Kier molecular flexibility index (Phi) is 6.19. The van der Waals surface area contributed by atoms with Gasteiger partial charge in [-0.25, -0.2) is 4.98 Å². The van der Waals surface area contributed by atoms with Crippen molar-refractivity contribution in [2.24, 2.45) is 0 Å². The first-order valence-corrected chi connectivity index (χ1v) is 11.6. The monoisotopic (exact) mass is 501 g/mol. The zero-order valence-corrected chi connectivity index (χ0v) is 20.2. The van der Waals surface area contributed by atoms with E-state index in [0.29, 0.717) is 55.4 Å². The molecule has 12 heteroatoms. The summed E-state index contributed by atoms with van der Waals surface area (Å²) in [5.41, 5.74) is 0.0211. The standard InChI is InChI=1S/C24H26F3N7O2/c1-15(2)32(3)22-29-20(16-6-7-18-19(13-16)36-14-35-18)30-23(31-22)34-11-9-33(10-12-34)21-17(24(25,26)27)5-4-8-28-21/h4-8,13,15H,9-12,14H2,1-3H3. The second kappa shape index (κ2) is 9.32. The van der Waals surface area contributed by atoms with Crippen LogP contribution in [0.15, 0.2) is 36.5 Å². The van der Waals surface area contributed by atoms with Gasteiger partial charge in [0.25, 0.3) is 0 Å². The maximum Gasteiger partial charge on any atom is 0.419 e. The topological polar surface area (TPSA) is 79.7 Å². The molecule has 3 aromatic rings. The molecule has 2 aliphatic heterocycles. The second-order valence-corrected chi connectivity index (χ2v) is 8.88. The van der Waals surface area contributed by atoms with Crippen molar-refractivity contribution >= 4 is 17.7 Å². The van der Waals surface area contributed by atoms with Crippen molar-refractivity contribution in [3.8, 4) is 22.9 Å². The molecule has 4 heterocycles. The van der Waals surface area contributed by atoms with Gasteiger partial charge in [-0.1, -0.05) is 0 Å². The van der Waals surface area contributed by atoms with E-state index in [1.54, 1.807) is 4.90 Å². The van der Waals surface area contributed by atoms with Crippen molar-refractivity contribution in [2.45, 2.75) is 26.1 Å². The Labute approximate surface area is 206 Å². The van der Waals surface area contributed by atoms with Crippen LogP contribution in [0.3, 0.4) is 0 Å². The maximum absolute atomic E-state index is 13.5. The number of hydrogen-bond acceptors (Lipinski definition) is 9. The number of nitrogens with zero attached hydrogens (tertiary/aromatic N) is 7. The molecule has 9 nitrogen and oxygen atoms in total. The minimum Gasteiger partial charge on any atom is -0.454 e. The number of halogens is 3. The van der Waals surface area contributed by atoms with Gasteiger partial charge in [0, 0.05) is 51.0 Å². The van der Waals surface area contributed by atoms with Crippen LogP contribution < -0.4 is 24.2 Å². The van der Waals surface area contributed by atoms with Crippen LogP contribution in [0, 0.1) is 0 Å². The van der Waals surface area contributed by atoms with Crippen LogP contribution in [0.2, 0.25) is 0 Å². The number of rotatable bonds is 5. The van der Waals surface area contributed by atoms with Gasteiger partial charge in [-0.15, -0.1) is 0 Å². The highest BCUT2D eigenvalue weighted by atomic mass is 19.4. The first-order valence-electron chi connectivity index (χ1n) is 11.6. The SMILES string of the molecule is CC(C)N(C)c1nc(-c2ccc3c(c2)OCO3)nc(N2CCN(c3ncccc3C(F)(F)F)CC2)n1. The molecular formula is C24H26F3N7O2. The largest absolute Gasteiger partial charge is 0.454 e. The first kappa shape index (κ1) is 23.9. The van der Waals surface area contributed by atoms with Crippen molar-refractivity contribution < 1.29 is 22.6 Å². The Morgan fingerprint density at radius 1 is 0.944 bits per heavy atom. The summed E-state index contributed by atoms with van der Waals surface area (Å²) in [5, 5.41) is 0. The Hall–Kier alpha value is -3.83. The van der Waals surface area contributed by atoms with E-state index in [4.69, 9.17) is 19.4 Å². The van der Waals surface area contributed by atoms with Gasteiger partial charge >= 0.3 is 6.18 Å². The predicted octanol–water partition coefficient (Wildman–Crippen LogP) is 3.85. The summed E-state index contributed by atoms with van der Waals surface area (Å²) < 4.78 is 51.4. The molecule has 1 aromatic carbocycles. The molecule has 0 saturated carbocycles. The molecule has 36 heavy (non-hydrogen) atoms. The van der Waals surface area contributed by atoms with E-state index in [1.807, 2.05) is 48.9 Å². The van der Waals surface area contributed by atoms with Gasteiger partial charge in [-0.3, -0.25) is 0 Å². The average molecular weight is 502 g/mol. The predicted molar refractivity (Wildman–Crippen MR) is 129 cm³/mol. The lowest BCUT2D eigenvalue weighted by molar-refractivity contribution is -0.137. The van der Waals surface area contributed by atoms with Crippen molar-refractivity contribution in [2.75, 3.05) is 54.7 Å². The number of piperazine rings is 1. The fourth-order valence-corrected chi connectivity index (χ4v) is 4.04. The lowest BCUT2D eigenvalue weighted by atomic mass is 10.2. The molecular weight excluding hydrogens is 475 g/mol. The zero-order chi connectivity index (χ0) is 25.4. The van der Waals surface area contributed by atoms with Crippen LogP contribution in [0.4, 0.5) is 30.9 Å². The Morgan fingerprint density at radius 2 is 1.67 bits per heavy atom. The lowest BCUT2D eigenvalue weighted by Gasteiger charge is -2.36.